The van der Waals surface area contributed by atoms with Crippen LogP contribution in [-0.2, 0) is 4.74 Å². The van der Waals surface area contributed by atoms with Gasteiger partial charge in [0.15, 0.2) is 0 Å². The van der Waals surface area contributed by atoms with Crippen LogP contribution in [0, 0.1) is 0 Å². The first-order valence-electron chi connectivity index (χ1n) is 7.07. The van der Waals surface area contributed by atoms with Crippen molar-refractivity contribution in [2.45, 2.75) is 32.3 Å². The third-order valence-corrected chi connectivity index (χ3v) is 3.76. The number of nitrogens with two attached hydrogens (primary N) is 1. The summed E-state index contributed by atoms with van der Waals surface area (Å²) in [6, 6.07) is 5.01. The van der Waals surface area contributed by atoms with Crippen LogP contribution < -0.4 is 5.73 Å². The molecule has 1 aliphatic heterocycles. The molecule has 20 heavy (non-hydrogen) atoms. The van der Waals surface area contributed by atoms with E-state index in [2.05, 4.69) is 6.92 Å². The van der Waals surface area contributed by atoms with Gasteiger partial charge in [-0.2, -0.15) is 0 Å². The van der Waals surface area contributed by atoms with Crippen molar-refractivity contribution in [3.8, 4) is 0 Å². The van der Waals surface area contributed by atoms with Gasteiger partial charge in [0, 0.05) is 25.4 Å². The lowest BCUT2D eigenvalue weighted by Gasteiger charge is -2.33. The molecule has 1 heterocycles. The fourth-order valence-corrected chi connectivity index (χ4v) is 2.69. The fourth-order valence-electron chi connectivity index (χ4n) is 2.42. The summed E-state index contributed by atoms with van der Waals surface area (Å²) in [5.41, 5.74) is 6.73. The summed E-state index contributed by atoms with van der Waals surface area (Å²) in [7, 11) is 0. The van der Waals surface area contributed by atoms with E-state index in [0.29, 0.717) is 22.8 Å². The number of benzene rings is 1. The molecule has 2 N–H and O–H groups in total. The highest BCUT2D eigenvalue weighted by atomic mass is 35.5. The molecule has 110 valence electrons. The monoisotopic (exact) mass is 296 g/mol. The van der Waals surface area contributed by atoms with E-state index in [1.165, 1.54) is 0 Å². The number of rotatable bonds is 4. The van der Waals surface area contributed by atoms with E-state index >= 15 is 0 Å². The third kappa shape index (κ3) is 3.64. The second kappa shape index (κ2) is 6.95. The van der Waals surface area contributed by atoms with E-state index < -0.39 is 0 Å². The molecule has 0 radical (unpaired) electrons. The minimum Gasteiger partial charge on any atom is -0.399 e. The van der Waals surface area contributed by atoms with Crippen molar-refractivity contribution in [2.24, 2.45) is 0 Å². The Morgan fingerprint density at radius 1 is 1.55 bits per heavy atom. The molecule has 0 aliphatic carbocycles. The highest BCUT2D eigenvalue weighted by molar-refractivity contribution is 6.34. The zero-order valence-electron chi connectivity index (χ0n) is 11.8. The van der Waals surface area contributed by atoms with E-state index in [9.17, 15) is 4.79 Å². The van der Waals surface area contributed by atoms with E-state index in [1.807, 2.05) is 4.90 Å². The Balaban J connectivity index is 2.04. The van der Waals surface area contributed by atoms with Crippen molar-refractivity contribution in [1.82, 2.24) is 4.90 Å². The maximum absolute atomic E-state index is 12.5. The first-order valence-corrected chi connectivity index (χ1v) is 7.45. The summed E-state index contributed by atoms with van der Waals surface area (Å²) in [6.45, 7) is 4.22. The fraction of sp³-hybridized carbons (Fsp3) is 0.533. The molecule has 5 heteroatoms. The molecule has 1 aromatic carbocycles. The van der Waals surface area contributed by atoms with Gasteiger partial charge in [0.1, 0.15) is 0 Å². The van der Waals surface area contributed by atoms with Crippen LogP contribution in [0.2, 0.25) is 5.02 Å². The first-order chi connectivity index (χ1) is 9.61. The number of ether oxygens (including phenoxy) is 1. The van der Waals surface area contributed by atoms with Crippen LogP contribution in [0.4, 0.5) is 5.69 Å². The average Bonchev–Trinajstić information content (AvgIpc) is 2.45. The molecule has 4 nitrogen and oxygen atoms in total. The van der Waals surface area contributed by atoms with Gasteiger partial charge in [-0.3, -0.25) is 4.79 Å². The molecule has 0 aromatic heterocycles. The zero-order chi connectivity index (χ0) is 14.5. The Hall–Kier alpha value is -1.26. The van der Waals surface area contributed by atoms with E-state index in [4.69, 9.17) is 22.1 Å². The molecule has 1 unspecified atom stereocenters. The Bertz CT molecular complexity index is 479. The van der Waals surface area contributed by atoms with Gasteiger partial charge in [-0.1, -0.05) is 18.5 Å². The molecule has 1 aliphatic rings. The first kappa shape index (κ1) is 15.1. The third-order valence-electron chi connectivity index (χ3n) is 3.45. The SMILES string of the molecule is CCCOC1CCCN(C(=O)c2ccc(N)cc2Cl)C1. The maximum Gasteiger partial charge on any atom is 0.255 e. The quantitative estimate of drug-likeness (QED) is 0.869. The summed E-state index contributed by atoms with van der Waals surface area (Å²) >= 11 is 6.10. The minimum atomic E-state index is -0.0419. The number of nitrogen functional groups attached to an aromatic ring is 1. The van der Waals surface area contributed by atoms with Gasteiger partial charge in [-0.15, -0.1) is 0 Å². The Labute approximate surface area is 124 Å². The molecule has 1 fully saturated rings. The predicted molar refractivity (Wildman–Crippen MR) is 81.0 cm³/mol. The number of carbonyl (C=O) groups is 1. The zero-order valence-corrected chi connectivity index (χ0v) is 12.5. The summed E-state index contributed by atoms with van der Waals surface area (Å²) in [5, 5.41) is 0.409. The summed E-state index contributed by atoms with van der Waals surface area (Å²) in [6.07, 6.45) is 3.11. The molecular weight excluding hydrogens is 276 g/mol. The number of piperidine rings is 1. The molecule has 0 saturated carbocycles. The number of halogens is 1. The van der Waals surface area contributed by atoms with Crippen molar-refractivity contribution >= 4 is 23.2 Å². The molecule has 0 bridgehead atoms. The largest absolute Gasteiger partial charge is 0.399 e. The number of carbonyl (C=O) groups excluding carboxylic acids is 1. The lowest BCUT2D eigenvalue weighted by atomic mass is 10.1. The Morgan fingerprint density at radius 2 is 2.35 bits per heavy atom. The summed E-state index contributed by atoms with van der Waals surface area (Å²) in [5.74, 6) is -0.0419. The molecule has 0 spiro atoms. The molecule has 1 atom stereocenters. The Kier molecular flexibility index (Phi) is 5.26. The highest BCUT2D eigenvalue weighted by Crippen LogP contribution is 2.23. The van der Waals surface area contributed by atoms with Crippen molar-refractivity contribution in [3.05, 3.63) is 28.8 Å². The number of nitrogens with zero attached hydrogens (tertiary/aromatic N) is 1. The molecule has 2 rings (SSSR count). The number of hydrogen-bond acceptors (Lipinski definition) is 3. The molecule has 1 saturated heterocycles. The molecular formula is C15H21ClN2O2. The second-order valence-electron chi connectivity index (χ2n) is 5.13. The lowest BCUT2D eigenvalue weighted by molar-refractivity contribution is 0.00212. The average molecular weight is 297 g/mol. The van der Waals surface area contributed by atoms with Crippen LogP contribution in [0.3, 0.4) is 0 Å². The van der Waals surface area contributed by atoms with Gasteiger partial charge >= 0.3 is 0 Å². The van der Waals surface area contributed by atoms with Crippen LogP contribution >= 0.6 is 11.6 Å². The van der Waals surface area contributed by atoms with Crippen LogP contribution in [-0.4, -0.2) is 36.6 Å². The lowest BCUT2D eigenvalue weighted by Crippen LogP contribution is -2.43. The van der Waals surface area contributed by atoms with Gasteiger partial charge in [-0.25, -0.2) is 0 Å². The standard InChI is InChI=1S/C15H21ClN2O2/c1-2-8-20-12-4-3-7-18(10-12)15(19)13-6-5-11(17)9-14(13)16/h5-6,9,12H,2-4,7-8,10,17H2,1H3. The van der Waals surface area contributed by atoms with Gasteiger partial charge in [0.2, 0.25) is 0 Å². The predicted octanol–water partition coefficient (Wildman–Crippen LogP) is 2.95. The minimum absolute atomic E-state index is 0.0419. The van der Waals surface area contributed by atoms with Gasteiger partial charge < -0.3 is 15.4 Å². The van der Waals surface area contributed by atoms with Crippen LogP contribution in [0.15, 0.2) is 18.2 Å². The Morgan fingerprint density at radius 3 is 3.05 bits per heavy atom. The van der Waals surface area contributed by atoms with E-state index in [0.717, 1.165) is 32.4 Å². The maximum atomic E-state index is 12.5. The second-order valence-corrected chi connectivity index (χ2v) is 5.53. The number of likely N-dealkylation sites (tertiary alicyclic amines) is 1. The highest BCUT2D eigenvalue weighted by Gasteiger charge is 2.25. The van der Waals surface area contributed by atoms with E-state index in [-0.39, 0.29) is 12.0 Å². The van der Waals surface area contributed by atoms with E-state index in [1.54, 1.807) is 18.2 Å². The van der Waals surface area contributed by atoms with Gasteiger partial charge in [0.25, 0.3) is 5.91 Å². The van der Waals surface area contributed by atoms with Crippen molar-refractivity contribution < 1.29 is 9.53 Å². The van der Waals surface area contributed by atoms with Gasteiger partial charge in [-0.05, 0) is 37.5 Å². The molecule has 1 aromatic rings. The number of hydrogen-bond donors (Lipinski definition) is 1. The van der Waals surface area contributed by atoms with Crippen LogP contribution in [0.1, 0.15) is 36.5 Å². The smallest absolute Gasteiger partial charge is 0.255 e. The topological polar surface area (TPSA) is 55.6 Å². The molecule has 1 amide bonds. The summed E-state index contributed by atoms with van der Waals surface area (Å²) in [4.78, 5) is 14.3. The normalized spacial score (nSPS) is 19.1. The van der Waals surface area contributed by atoms with Crippen molar-refractivity contribution in [3.63, 3.8) is 0 Å². The van der Waals surface area contributed by atoms with Gasteiger partial charge in [0.05, 0.1) is 16.7 Å². The number of amides is 1. The van der Waals surface area contributed by atoms with Crippen molar-refractivity contribution in [1.29, 1.82) is 0 Å². The van der Waals surface area contributed by atoms with Crippen molar-refractivity contribution in [2.75, 3.05) is 25.4 Å². The summed E-state index contributed by atoms with van der Waals surface area (Å²) < 4.78 is 5.75. The number of anilines is 1. The van der Waals surface area contributed by atoms with Crippen LogP contribution in [0.5, 0.6) is 0 Å². The van der Waals surface area contributed by atoms with Crippen LogP contribution in [0.25, 0.3) is 0 Å².